The average molecular weight is 843 g/mol. The molecule has 10 aromatic carbocycles. The van der Waals surface area contributed by atoms with E-state index in [4.69, 9.17) is 0 Å². The fourth-order valence-corrected chi connectivity index (χ4v) is 11.7. The van der Waals surface area contributed by atoms with E-state index in [9.17, 15) is 0 Å². The molecule has 0 unspecified atom stereocenters. The lowest BCUT2D eigenvalue weighted by Gasteiger charge is -2.34. The van der Waals surface area contributed by atoms with Crippen LogP contribution >= 0.6 is 0 Å². The van der Waals surface area contributed by atoms with Gasteiger partial charge in [0.2, 0.25) is 0 Å². The summed E-state index contributed by atoms with van der Waals surface area (Å²) in [6, 6.07) is 90.0. The van der Waals surface area contributed by atoms with Crippen LogP contribution in [-0.4, -0.2) is 4.57 Å². The molecule has 0 bridgehead atoms. The van der Waals surface area contributed by atoms with Crippen molar-refractivity contribution in [2.24, 2.45) is 0 Å². The number of anilines is 3. The van der Waals surface area contributed by atoms with Crippen molar-refractivity contribution in [1.82, 2.24) is 4.57 Å². The van der Waals surface area contributed by atoms with Crippen LogP contribution in [-0.2, 0) is 10.8 Å². The Kier molecular flexibility index (Phi) is 8.51. The summed E-state index contributed by atoms with van der Waals surface area (Å²) in [6.07, 6.45) is 0. The van der Waals surface area contributed by atoms with Crippen LogP contribution in [0, 0.1) is 0 Å². The third-order valence-electron chi connectivity index (χ3n) is 14.7. The largest absolute Gasteiger partial charge is 0.310 e. The normalized spacial score (nSPS) is 13.8. The molecule has 2 aliphatic rings. The highest BCUT2D eigenvalue weighted by molar-refractivity contribution is 6.10. The van der Waals surface area contributed by atoms with E-state index >= 15 is 0 Å². The van der Waals surface area contributed by atoms with Gasteiger partial charge in [-0.25, -0.2) is 0 Å². The van der Waals surface area contributed by atoms with E-state index in [1.165, 1.54) is 88.6 Å². The predicted molar refractivity (Wildman–Crippen MR) is 276 cm³/mol. The maximum Gasteiger partial charge on any atom is 0.0713 e. The smallest absolute Gasteiger partial charge is 0.0713 e. The molecule has 2 nitrogen and oxygen atoms in total. The summed E-state index contributed by atoms with van der Waals surface area (Å²) < 4.78 is 2.41. The molecular weight excluding hydrogens is 797 g/mol. The van der Waals surface area contributed by atoms with Gasteiger partial charge in [-0.3, -0.25) is 0 Å². The molecule has 0 saturated carbocycles. The summed E-state index contributed by atoms with van der Waals surface area (Å²) in [7, 11) is 0. The number of hydrogen-bond donors (Lipinski definition) is 0. The van der Waals surface area contributed by atoms with Crippen molar-refractivity contribution >= 4 is 38.9 Å². The Hall–Kier alpha value is -8.20. The average Bonchev–Trinajstić information content (AvgIpc) is 3.95. The summed E-state index contributed by atoms with van der Waals surface area (Å²) >= 11 is 0. The molecule has 0 atom stereocenters. The van der Waals surface area contributed by atoms with Crippen molar-refractivity contribution in [2.45, 2.75) is 24.7 Å². The number of para-hydroxylation sites is 2. The Bertz CT molecular complexity index is 3620. The van der Waals surface area contributed by atoms with Gasteiger partial charge in [0, 0.05) is 38.9 Å². The number of nitrogens with zero attached hydrogens (tertiary/aromatic N) is 2. The van der Waals surface area contributed by atoms with Crippen molar-refractivity contribution in [3.63, 3.8) is 0 Å². The fraction of sp³-hybridized carbons (Fsp3) is 0.0625. The standard InChI is InChI=1S/C64H46N2/c1-63(2)57-27-15-12-24-51(57)53-38-35-49(41-59(53)63)65(50-36-39-56-55-26-14-17-29-61(55)66(62(56)42-50)47-22-10-5-11-23-47)48-33-30-43(31-34-48)44-32-37-54-52-25-13-16-28-58(52)64(60(54)40-44,45-18-6-3-7-19-45)46-20-8-4-9-21-46/h3-42H,1-2H3. The monoisotopic (exact) mass is 842 g/mol. The lowest BCUT2D eigenvalue weighted by Crippen LogP contribution is -2.28. The Morgan fingerprint density at radius 1 is 0.333 bits per heavy atom. The first-order valence-electron chi connectivity index (χ1n) is 23.1. The summed E-state index contributed by atoms with van der Waals surface area (Å²) in [5.41, 5.74) is 21.8. The number of hydrogen-bond acceptors (Lipinski definition) is 1. The molecule has 0 spiro atoms. The summed E-state index contributed by atoms with van der Waals surface area (Å²) in [5, 5.41) is 2.48. The Morgan fingerprint density at radius 2 is 0.833 bits per heavy atom. The maximum atomic E-state index is 2.46. The molecule has 2 aliphatic carbocycles. The molecule has 0 saturated heterocycles. The highest BCUT2D eigenvalue weighted by Crippen LogP contribution is 2.57. The van der Waals surface area contributed by atoms with Crippen LogP contribution in [0.25, 0.3) is 60.9 Å². The second-order valence-electron chi connectivity index (χ2n) is 18.5. The summed E-state index contributed by atoms with van der Waals surface area (Å²) in [4.78, 5) is 2.45. The van der Waals surface area contributed by atoms with Crippen LogP contribution < -0.4 is 4.90 Å². The molecule has 0 radical (unpaired) electrons. The van der Waals surface area contributed by atoms with Crippen LogP contribution in [0.15, 0.2) is 243 Å². The first kappa shape index (κ1) is 38.3. The fourth-order valence-electron chi connectivity index (χ4n) is 11.7. The molecule has 0 amide bonds. The van der Waals surface area contributed by atoms with Gasteiger partial charge in [-0.15, -0.1) is 0 Å². The van der Waals surface area contributed by atoms with E-state index in [-0.39, 0.29) is 5.41 Å². The van der Waals surface area contributed by atoms with E-state index in [0.29, 0.717) is 0 Å². The third-order valence-corrected chi connectivity index (χ3v) is 14.7. The highest BCUT2D eigenvalue weighted by atomic mass is 15.1. The second-order valence-corrected chi connectivity index (χ2v) is 18.5. The molecule has 0 aliphatic heterocycles. The van der Waals surface area contributed by atoms with Crippen molar-refractivity contribution in [1.29, 1.82) is 0 Å². The van der Waals surface area contributed by atoms with Gasteiger partial charge in [0.15, 0.2) is 0 Å². The number of benzene rings is 10. The van der Waals surface area contributed by atoms with Crippen molar-refractivity contribution < 1.29 is 0 Å². The molecule has 1 heterocycles. The first-order valence-corrected chi connectivity index (χ1v) is 23.1. The summed E-state index contributed by atoms with van der Waals surface area (Å²) in [5.74, 6) is 0. The van der Waals surface area contributed by atoms with E-state index in [1.807, 2.05) is 0 Å². The zero-order valence-corrected chi connectivity index (χ0v) is 37.0. The van der Waals surface area contributed by atoms with Crippen molar-refractivity contribution in [2.75, 3.05) is 4.90 Å². The predicted octanol–water partition coefficient (Wildman–Crippen LogP) is 16.6. The van der Waals surface area contributed by atoms with Gasteiger partial charge in [-0.1, -0.05) is 196 Å². The minimum absolute atomic E-state index is 0.136. The van der Waals surface area contributed by atoms with Crippen LogP contribution in [0.2, 0.25) is 0 Å². The minimum atomic E-state index is -0.455. The zero-order valence-electron chi connectivity index (χ0n) is 37.0. The summed E-state index contributed by atoms with van der Waals surface area (Å²) in [6.45, 7) is 4.73. The molecule has 0 N–H and O–H groups in total. The van der Waals surface area contributed by atoms with E-state index < -0.39 is 5.41 Å². The third kappa shape index (κ3) is 5.55. The van der Waals surface area contributed by atoms with Gasteiger partial charge in [0.25, 0.3) is 0 Å². The molecule has 0 fully saturated rings. The van der Waals surface area contributed by atoms with Crippen molar-refractivity contribution in [3.05, 3.63) is 276 Å². The van der Waals surface area contributed by atoms with Gasteiger partial charge in [-0.05, 0) is 127 Å². The van der Waals surface area contributed by atoms with Gasteiger partial charge < -0.3 is 9.47 Å². The molecule has 1 aromatic heterocycles. The molecule has 312 valence electrons. The lowest BCUT2D eigenvalue weighted by atomic mass is 9.67. The second kappa shape index (κ2) is 14.7. The first-order chi connectivity index (χ1) is 32.5. The molecule has 13 rings (SSSR count). The molecule has 66 heavy (non-hydrogen) atoms. The number of rotatable bonds is 7. The van der Waals surface area contributed by atoms with Gasteiger partial charge in [0.05, 0.1) is 16.4 Å². The zero-order chi connectivity index (χ0) is 44.0. The van der Waals surface area contributed by atoms with Crippen LogP contribution in [0.5, 0.6) is 0 Å². The quantitative estimate of drug-likeness (QED) is 0.155. The lowest BCUT2D eigenvalue weighted by molar-refractivity contribution is 0.660. The Labute approximate surface area is 386 Å². The SMILES string of the molecule is CC1(C)c2ccccc2-c2ccc(N(c3ccc(-c4ccc5c(c4)C(c4ccccc4)(c4ccccc4)c4ccccc4-5)cc3)c3ccc4c5ccccc5n(-c5ccccc5)c4c3)cc21. The van der Waals surface area contributed by atoms with E-state index in [0.717, 1.165) is 22.7 Å². The Morgan fingerprint density at radius 3 is 1.56 bits per heavy atom. The molecular formula is C64H46N2. The van der Waals surface area contributed by atoms with Gasteiger partial charge in [-0.2, -0.15) is 0 Å². The van der Waals surface area contributed by atoms with E-state index in [1.54, 1.807) is 0 Å². The van der Waals surface area contributed by atoms with Crippen LogP contribution in [0.1, 0.15) is 47.2 Å². The van der Waals surface area contributed by atoms with Gasteiger partial charge in [0.1, 0.15) is 0 Å². The van der Waals surface area contributed by atoms with E-state index in [2.05, 4.69) is 266 Å². The van der Waals surface area contributed by atoms with Crippen LogP contribution in [0.3, 0.4) is 0 Å². The van der Waals surface area contributed by atoms with Gasteiger partial charge >= 0.3 is 0 Å². The molecule has 2 heteroatoms. The minimum Gasteiger partial charge on any atom is -0.310 e. The van der Waals surface area contributed by atoms with Crippen LogP contribution in [0.4, 0.5) is 17.1 Å². The topological polar surface area (TPSA) is 8.17 Å². The number of aromatic nitrogens is 1. The highest BCUT2D eigenvalue weighted by Gasteiger charge is 2.46. The Balaban J connectivity index is 0.981. The maximum absolute atomic E-state index is 2.46. The van der Waals surface area contributed by atoms with Crippen molar-refractivity contribution in [3.8, 4) is 39.1 Å². The number of fused-ring (bicyclic) bond motifs is 9. The molecule has 11 aromatic rings.